The van der Waals surface area contributed by atoms with Crippen LogP contribution in [0.25, 0.3) is 0 Å². The lowest BCUT2D eigenvalue weighted by Crippen LogP contribution is -2.47. The minimum absolute atomic E-state index is 0.0132. The lowest BCUT2D eigenvalue weighted by Gasteiger charge is -2.25. The molecule has 0 saturated heterocycles. The third-order valence-electron chi connectivity index (χ3n) is 3.85. The number of rotatable bonds is 8. The summed E-state index contributed by atoms with van der Waals surface area (Å²) in [5.74, 6) is -0.515. The zero-order chi connectivity index (χ0) is 20.8. The third-order valence-corrected chi connectivity index (χ3v) is 5.45. The number of amides is 2. The summed E-state index contributed by atoms with van der Waals surface area (Å²) in [4.78, 5) is 26.0. The summed E-state index contributed by atoms with van der Waals surface area (Å²) in [5, 5.41) is 2.81. The van der Waals surface area contributed by atoms with Gasteiger partial charge in [0.1, 0.15) is 0 Å². The summed E-state index contributed by atoms with van der Waals surface area (Å²) in [6, 6.07) is 5.20. The van der Waals surface area contributed by atoms with Crippen molar-refractivity contribution in [1.82, 2.24) is 14.9 Å². The Morgan fingerprint density at radius 1 is 1.15 bits per heavy atom. The van der Waals surface area contributed by atoms with Crippen molar-refractivity contribution in [2.24, 2.45) is 0 Å². The van der Waals surface area contributed by atoms with Crippen LogP contribution in [0.4, 0.5) is 0 Å². The maximum atomic E-state index is 12.5. The molecule has 2 amide bonds. The number of aryl methyl sites for hydroxylation is 2. The Bertz CT molecular complexity index is 783. The molecule has 7 nitrogen and oxygen atoms in total. The maximum Gasteiger partial charge on any atom is 0.240 e. The Balaban J connectivity index is 2.64. The molecule has 0 radical (unpaired) electrons. The van der Waals surface area contributed by atoms with Gasteiger partial charge in [0.15, 0.2) is 0 Å². The van der Waals surface area contributed by atoms with Crippen LogP contribution < -0.4 is 10.0 Å². The van der Waals surface area contributed by atoms with E-state index in [1.165, 1.54) is 4.90 Å². The van der Waals surface area contributed by atoms with Crippen LogP contribution in [0.5, 0.6) is 0 Å². The van der Waals surface area contributed by atoms with Gasteiger partial charge >= 0.3 is 0 Å². The maximum absolute atomic E-state index is 12.5. The highest BCUT2D eigenvalue weighted by Gasteiger charge is 2.21. The Morgan fingerprint density at radius 2 is 1.78 bits per heavy atom. The van der Waals surface area contributed by atoms with Gasteiger partial charge in [-0.1, -0.05) is 12.1 Å². The second-order valence-corrected chi connectivity index (χ2v) is 9.36. The standard InChI is InChI=1S/C19H31N3O4S/c1-7-22(13-17(23)21-19(4,5)6)18(24)10-11-20-27(25,26)16-12-14(2)8-9-15(16)3/h8-9,12,20H,7,10-11,13H2,1-6H3,(H,21,23). The minimum Gasteiger partial charge on any atom is -0.350 e. The van der Waals surface area contributed by atoms with Crippen molar-refractivity contribution in [2.45, 2.75) is 58.4 Å². The van der Waals surface area contributed by atoms with E-state index in [0.717, 1.165) is 5.56 Å². The van der Waals surface area contributed by atoms with Gasteiger partial charge in [0, 0.05) is 25.0 Å². The van der Waals surface area contributed by atoms with Crippen LogP contribution in [0.3, 0.4) is 0 Å². The van der Waals surface area contributed by atoms with Gasteiger partial charge < -0.3 is 10.2 Å². The predicted molar refractivity (Wildman–Crippen MR) is 106 cm³/mol. The van der Waals surface area contributed by atoms with Crippen molar-refractivity contribution in [2.75, 3.05) is 19.6 Å². The number of likely N-dealkylation sites (N-methyl/N-ethyl adjacent to an activating group) is 1. The average Bonchev–Trinajstić information content (AvgIpc) is 2.52. The first-order chi connectivity index (χ1) is 12.4. The van der Waals surface area contributed by atoms with Gasteiger partial charge in [-0.05, 0) is 58.7 Å². The number of sulfonamides is 1. The fraction of sp³-hybridized carbons (Fsp3) is 0.579. The van der Waals surface area contributed by atoms with Crippen molar-refractivity contribution < 1.29 is 18.0 Å². The molecule has 0 unspecified atom stereocenters. The van der Waals surface area contributed by atoms with Gasteiger partial charge in [0.05, 0.1) is 11.4 Å². The first-order valence-corrected chi connectivity index (χ1v) is 10.5. The highest BCUT2D eigenvalue weighted by Crippen LogP contribution is 2.16. The summed E-state index contributed by atoms with van der Waals surface area (Å²) in [6.45, 7) is 11.2. The molecule has 0 aliphatic heterocycles. The number of carbonyl (C=O) groups is 2. The van der Waals surface area contributed by atoms with Crippen LogP contribution in [-0.2, 0) is 19.6 Å². The number of nitrogens with one attached hydrogen (secondary N) is 2. The molecule has 1 aromatic rings. The van der Waals surface area contributed by atoms with Gasteiger partial charge in [-0.25, -0.2) is 13.1 Å². The van der Waals surface area contributed by atoms with E-state index in [-0.39, 0.29) is 41.8 Å². The average molecular weight is 398 g/mol. The van der Waals surface area contributed by atoms with E-state index in [1.807, 2.05) is 33.8 Å². The van der Waals surface area contributed by atoms with Crippen LogP contribution in [0.15, 0.2) is 23.1 Å². The molecule has 27 heavy (non-hydrogen) atoms. The minimum atomic E-state index is -3.69. The second-order valence-electron chi connectivity index (χ2n) is 7.62. The van der Waals surface area contributed by atoms with Gasteiger partial charge in [0.25, 0.3) is 0 Å². The monoisotopic (exact) mass is 397 g/mol. The molecule has 0 bridgehead atoms. The van der Waals surface area contributed by atoms with E-state index in [0.29, 0.717) is 12.1 Å². The molecule has 0 saturated carbocycles. The van der Waals surface area contributed by atoms with Crippen molar-refractivity contribution in [3.63, 3.8) is 0 Å². The van der Waals surface area contributed by atoms with Crippen molar-refractivity contribution in [3.8, 4) is 0 Å². The Kier molecular flexibility index (Phi) is 7.98. The molecular formula is C19H31N3O4S. The first-order valence-electron chi connectivity index (χ1n) is 9.01. The third kappa shape index (κ3) is 7.68. The van der Waals surface area contributed by atoms with Crippen LogP contribution in [0, 0.1) is 13.8 Å². The van der Waals surface area contributed by atoms with Crippen LogP contribution in [0.2, 0.25) is 0 Å². The van der Waals surface area contributed by atoms with Crippen LogP contribution >= 0.6 is 0 Å². The highest BCUT2D eigenvalue weighted by atomic mass is 32.2. The number of benzene rings is 1. The summed E-state index contributed by atoms with van der Waals surface area (Å²) < 4.78 is 27.4. The fourth-order valence-electron chi connectivity index (χ4n) is 2.53. The van der Waals surface area contributed by atoms with Crippen molar-refractivity contribution >= 4 is 21.8 Å². The second kappa shape index (κ2) is 9.32. The van der Waals surface area contributed by atoms with E-state index in [4.69, 9.17) is 0 Å². The number of nitrogens with zero attached hydrogens (tertiary/aromatic N) is 1. The SMILES string of the molecule is CCN(CC(=O)NC(C)(C)C)C(=O)CCNS(=O)(=O)c1cc(C)ccc1C. The number of hydrogen-bond acceptors (Lipinski definition) is 4. The van der Waals surface area contributed by atoms with E-state index < -0.39 is 10.0 Å². The summed E-state index contributed by atoms with van der Waals surface area (Å²) >= 11 is 0. The smallest absolute Gasteiger partial charge is 0.240 e. The largest absolute Gasteiger partial charge is 0.350 e. The molecular weight excluding hydrogens is 366 g/mol. The van der Waals surface area contributed by atoms with Gasteiger partial charge in [-0.3, -0.25) is 9.59 Å². The van der Waals surface area contributed by atoms with Crippen molar-refractivity contribution in [3.05, 3.63) is 29.3 Å². The summed E-state index contributed by atoms with van der Waals surface area (Å²) in [6.07, 6.45) is -0.0132. The Hall–Kier alpha value is -1.93. The molecule has 0 fully saturated rings. The topological polar surface area (TPSA) is 95.6 Å². The van der Waals surface area contributed by atoms with E-state index in [9.17, 15) is 18.0 Å². The Labute approximate surface area is 162 Å². The molecule has 0 spiro atoms. The molecule has 0 aliphatic carbocycles. The zero-order valence-electron chi connectivity index (χ0n) is 17.0. The highest BCUT2D eigenvalue weighted by molar-refractivity contribution is 7.89. The fourth-order valence-corrected chi connectivity index (χ4v) is 3.89. The van der Waals surface area contributed by atoms with Gasteiger partial charge in [-0.2, -0.15) is 0 Å². The molecule has 0 aliphatic rings. The van der Waals surface area contributed by atoms with Gasteiger partial charge in [-0.15, -0.1) is 0 Å². The van der Waals surface area contributed by atoms with Crippen LogP contribution in [0.1, 0.15) is 45.2 Å². The first kappa shape index (κ1) is 23.1. The van der Waals surface area contributed by atoms with Crippen molar-refractivity contribution in [1.29, 1.82) is 0 Å². The normalized spacial score (nSPS) is 11.9. The lowest BCUT2D eigenvalue weighted by atomic mass is 10.1. The van der Waals surface area contributed by atoms with E-state index >= 15 is 0 Å². The number of carbonyl (C=O) groups excluding carboxylic acids is 2. The summed E-state index contributed by atoms with van der Waals surface area (Å²) in [5.41, 5.74) is 1.12. The zero-order valence-corrected chi connectivity index (χ0v) is 17.9. The predicted octanol–water partition coefficient (Wildman–Crippen LogP) is 1.74. The molecule has 1 rings (SSSR count). The Morgan fingerprint density at radius 3 is 2.33 bits per heavy atom. The quantitative estimate of drug-likeness (QED) is 0.698. The lowest BCUT2D eigenvalue weighted by molar-refractivity contribution is -0.136. The molecule has 1 aromatic carbocycles. The van der Waals surface area contributed by atoms with E-state index in [1.54, 1.807) is 26.0 Å². The molecule has 0 heterocycles. The molecule has 152 valence electrons. The summed E-state index contributed by atoms with van der Waals surface area (Å²) in [7, 11) is -3.69. The molecule has 0 atom stereocenters. The van der Waals surface area contributed by atoms with E-state index in [2.05, 4.69) is 10.0 Å². The van der Waals surface area contributed by atoms with Gasteiger partial charge in [0.2, 0.25) is 21.8 Å². The molecule has 2 N–H and O–H groups in total. The molecule has 8 heteroatoms. The molecule has 0 aromatic heterocycles. The number of hydrogen-bond donors (Lipinski definition) is 2. The van der Waals surface area contributed by atoms with Crippen LogP contribution in [-0.4, -0.2) is 50.3 Å².